The minimum absolute atomic E-state index is 0.125. The molecule has 0 saturated heterocycles. The van der Waals surface area contributed by atoms with Gasteiger partial charge in [-0.2, -0.15) is 0 Å². The first-order valence-electron chi connectivity index (χ1n) is 9.88. The van der Waals surface area contributed by atoms with Gasteiger partial charge in [0.05, 0.1) is 5.75 Å². The van der Waals surface area contributed by atoms with Crippen LogP contribution < -0.4 is 16.4 Å². The zero-order chi connectivity index (χ0) is 22.9. The van der Waals surface area contributed by atoms with Gasteiger partial charge in [-0.1, -0.05) is 42.5 Å². The van der Waals surface area contributed by atoms with E-state index in [0.29, 0.717) is 11.3 Å². The van der Waals surface area contributed by atoms with E-state index in [1.54, 1.807) is 54.6 Å². The van der Waals surface area contributed by atoms with Crippen molar-refractivity contribution in [2.24, 2.45) is 5.73 Å². The first kappa shape index (κ1) is 22.8. The summed E-state index contributed by atoms with van der Waals surface area (Å²) in [6.45, 7) is 1.93. The topological polar surface area (TPSA) is 101 Å². The molecule has 0 heterocycles. The second-order valence-electron chi connectivity index (χ2n) is 6.97. The van der Waals surface area contributed by atoms with Gasteiger partial charge in [0.15, 0.2) is 0 Å². The van der Waals surface area contributed by atoms with Crippen molar-refractivity contribution in [1.82, 2.24) is 5.32 Å². The molecular formula is C25H23N3O3S. The minimum atomic E-state index is -0.449. The zero-order valence-electron chi connectivity index (χ0n) is 17.5. The first-order valence-corrected chi connectivity index (χ1v) is 10.9. The van der Waals surface area contributed by atoms with Crippen molar-refractivity contribution in [3.8, 4) is 0 Å². The third-order valence-corrected chi connectivity index (χ3v) is 5.54. The number of primary amides is 1. The summed E-state index contributed by atoms with van der Waals surface area (Å²) < 4.78 is 0. The van der Waals surface area contributed by atoms with E-state index in [4.69, 9.17) is 5.73 Å². The molecule has 0 aliphatic heterocycles. The van der Waals surface area contributed by atoms with Gasteiger partial charge in [0, 0.05) is 16.1 Å². The fourth-order valence-corrected chi connectivity index (χ4v) is 3.47. The Morgan fingerprint density at radius 2 is 1.56 bits per heavy atom. The van der Waals surface area contributed by atoms with Crippen molar-refractivity contribution >= 4 is 41.2 Å². The number of carbonyl (C=O) groups excluding carboxylic acids is 3. The van der Waals surface area contributed by atoms with Crippen molar-refractivity contribution in [2.45, 2.75) is 11.8 Å². The zero-order valence-corrected chi connectivity index (χ0v) is 18.3. The van der Waals surface area contributed by atoms with Crippen LogP contribution in [-0.4, -0.2) is 23.5 Å². The molecular weight excluding hydrogens is 422 g/mol. The van der Waals surface area contributed by atoms with Gasteiger partial charge in [0.25, 0.3) is 11.8 Å². The number of thioether (sulfide) groups is 1. The van der Waals surface area contributed by atoms with Crippen LogP contribution in [0.1, 0.15) is 21.5 Å². The maximum atomic E-state index is 13.0. The maximum Gasteiger partial charge on any atom is 0.272 e. The molecule has 6 nitrogen and oxygen atoms in total. The lowest BCUT2D eigenvalue weighted by Gasteiger charge is -2.12. The Hall–Kier alpha value is -3.84. The first-order chi connectivity index (χ1) is 15.4. The Bertz CT molecular complexity index is 1140. The van der Waals surface area contributed by atoms with Crippen LogP contribution in [0.15, 0.2) is 89.5 Å². The number of amides is 3. The molecule has 0 unspecified atom stereocenters. The van der Waals surface area contributed by atoms with Crippen molar-refractivity contribution in [1.29, 1.82) is 0 Å². The number of hydrogen-bond acceptors (Lipinski definition) is 4. The van der Waals surface area contributed by atoms with Crippen LogP contribution in [0.25, 0.3) is 6.08 Å². The van der Waals surface area contributed by atoms with Gasteiger partial charge in [-0.3, -0.25) is 14.4 Å². The highest BCUT2D eigenvalue weighted by atomic mass is 32.2. The van der Waals surface area contributed by atoms with E-state index in [2.05, 4.69) is 10.6 Å². The number of anilines is 1. The number of aryl methyl sites for hydroxylation is 1. The van der Waals surface area contributed by atoms with Gasteiger partial charge in [0.2, 0.25) is 5.91 Å². The van der Waals surface area contributed by atoms with Crippen LogP contribution in [0.5, 0.6) is 0 Å². The van der Waals surface area contributed by atoms with Crippen molar-refractivity contribution < 1.29 is 14.4 Å². The van der Waals surface area contributed by atoms with Crippen molar-refractivity contribution in [3.63, 3.8) is 0 Å². The monoisotopic (exact) mass is 445 g/mol. The fraction of sp³-hybridized carbons (Fsp3) is 0.0800. The molecule has 0 bridgehead atoms. The number of benzene rings is 3. The van der Waals surface area contributed by atoms with E-state index in [0.717, 1.165) is 16.0 Å². The van der Waals surface area contributed by atoms with Crippen LogP contribution in [0.2, 0.25) is 0 Å². The van der Waals surface area contributed by atoms with Gasteiger partial charge in [-0.15, -0.1) is 11.8 Å². The molecule has 162 valence electrons. The lowest BCUT2D eigenvalue weighted by molar-refractivity contribution is -0.115. The van der Waals surface area contributed by atoms with Crippen molar-refractivity contribution in [3.05, 3.63) is 101 Å². The normalized spacial score (nSPS) is 11.0. The fourth-order valence-electron chi connectivity index (χ4n) is 2.83. The predicted molar refractivity (Wildman–Crippen MR) is 128 cm³/mol. The Labute approximate surface area is 190 Å². The molecule has 0 aliphatic rings. The highest BCUT2D eigenvalue weighted by molar-refractivity contribution is 8.00. The molecule has 0 radical (unpaired) electrons. The molecule has 7 heteroatoms. The Morgan fingerprint density at radius 3 is 2.22 bits per heavy atom. The average Bonchev–Trinajstić information content (AvgIpc) is 2.80. The number of rotatable bonds is 8. The maximum absolute atomic E-state index is 13.0. The molecule has 3 aromatic rings. The van der Waals surface area contributed by atoms with E-state index in [-0.39, 0.29) is 17.4 Å². The molecule has 0 atom stereocenters. The summed E-state index contributed by atoms with van der Waals surface area (Å²) in [6.07, 6.45) is 1.66. The molecule has 32 heavy (non-hydrogen) atoms. The van der Waals surface area contributed by atoms with Crippen LogP contribution in [-0.2, 0) is 9.59 Å². The Kier molecular flexibility index (Phi) is 7.83. The summed E-state index contributed by atoms with van der Waals surface area (Å²) in [6, 6.07) is 23.3. The molecule has 0 spiro atoms. The minimum Gasteiger partial charge on any atom is -0.369 e. The molecule has 0 aromatic heterocycles. The van der Waals surface area contributed by atoms with Gasteiger partial charge in [-0.05, 0) is 60.5 Å². The van der Waals surface area contributed by atoms with E-state index < -0.39 is 11.8 Å². The molecule has 0 fully saturated rings. The summed E-state index contributed by atoms with van der Waals surface area (Å²) in [4.78, 5) is 37.5. The third-order valence-electron chi connectivity index (χ3n) is 4.51. The Balaban J connectivity index is 1.81. The lowest BCUT2D eigenvalue weighted by Crippen LogP contribution is -2.30. The number of carbonyl (C=O) groups is 3. The molecule has 4 N–H and O–H groups in total. The largest absolute Gasteiger partial charge is 0.369 e. The molecule has 3 rings (SSSR count). The van der Waals surface area contributed by atoms with E-state index in [1.807, 2.05) is 37.3 Å². The van der Waals surface area contributed by atoms with Crippen LogP contribution in [0.3, 0.4) is 0 Å². The van der Waals surface area contributed by atoms with Gasteiger partial charge < -0.3 is 16.4 Å². The van der Waals surface area contributed by atoms with Gasteiger partial charge in [0.1, 0.15) is 5.70 Å². The molecule has 3 aromatic carbocycles. The van der Waals surface area contributed by atoms with Gasteiger partial charge in [-0.25, -0.2) is 0 Å². The number of nitrogens with two attached hydrogens (primary N) is 1. The number of nitrogens with one attached hydrogen (secondary N) is 2. The van der Waals surface area contributed by atoms with Gasteiger partial charge >= 0.3 is 0 Å². The lowest BCUT2D eigenvalue weighted by atomic mass is 10.1. The molecule has 0 saturated carbocycles. The quantitative estimate of drug-likeness (QED) is 0.361. The van der Waals surface area contributed by atoms with Crippen LogP contribution >= 0.6 is 11.8 Å². The summed E-state index contributed by atoms with van der Waals surface area (Å²) in [5.41, 5.74) is 8.10. The highest BCUT2D eigenvalue weighted by Crippen LogP contribution is 2.20. The van der Waals surface area contributed by atoms with E-state index >= 15 is 0 Å². The second kappa shape index (κ2) is 11.0. The van der Waals surface area contributed by atoms with Crippen LogP contribution in [0, 0.1) is 6.92 Å². The second-order valence-corrected chi connectivity index (χ2v) is 8.02. The Morgan fingerprint density at radius 1 is 0.906 bits per heavy atom. The van der Waals surface area contributed by atoms with E-state index in [1.165, 1.54) is 11.8 Å². The summed E-state index contributed by atoms with van der Waals surface area (Å²) in [5, 5.41) is 5.54. The van der Waals surface area contributed by atoms with Crippen molar-refractivity contribution in [2.75, 3.05) is 11.1 Å². The molecule has 3 amide bonds. The summed E-state index contributed by atoms with van der Waals surface area (Å²) in [7, 11) is 0. The smallest absolute Gasteiger partial charge is 0.272 e. The predicted octanol–water partition coefficient (Wildman–Crippen LogP) is 3.98. The summed E-state index contributed by atoms with van der Waals surface area (Å²) in [5.74, 6) is -1.04. The third kappa shape index (κ3) is 6.58. The molecule has 0 aliphatic carbocycles. The highest BCUT2D eigenvalue weighted by Gasteiger charge is 2.15. The standard InChI is InChI=1S/C25H23N3O3S/c1-17-7-5-6-10-19(17)15-22(28-24(30)18-8-3-2-4-9-18)25(31)27-20-11-13-21(14-12-20)32-16-23(26)29/h2-15H,16H2,1H3,(H2,26,29)(H,27,31)(H,28,30)/b22-15-. The average molecular weight is 446 g/mol. The van der Waals surface area contributed by atoms with E-state index in [9.17, 15) is 14.4 Å². The van der Waals surface area contributed by atoms with Crippen LogP contribution in [0.4, 0.5) is 5.69 Å². The SMILES string of the molecule is Cc1ccccc1/C=C(\NC(=O)c1ccccc1)C(=O)Nc1ccc(SCC(N)=O)cc1. The summed E-state index contributed by atoms with van der Waals surface area (Å²) >= 11 is 1.32. The number of hydrogen-bond donors (Lipinski definition) is 3.